The van der Waals surface area contributed by atoms with Crippen LogP contribution in [0.5, 0.6) is 0 Å². The fourth-order valence-electron chi connectivity index (χ4n) is 3.13. The van der Waals surface area contributed by atoms with E-state index >= 15 is 0 Å². The molecule has 21 heavy (non-hydrogen) atoms. The van der Waals surface area contributed by atoms with Crippen LogP contribution in [0.4, 0.5) is 0 Å². The van der Waals surface area contributed by atoms with Crippen LogP contribution < -0.4 is 17.0 Å². The Hall–Kier alpha value is -0.770. The van der Waals surface area contributed by atoms with Gasteiger partial charge in [0.25, 0.3) is 0 Å². The van der Waals surface area contributed by atoms with Crippen molar-refractivity contribution < 1.29 is 21.2 Å². The van der Waals surface area contributed by atoms with Crippen LogP contribution in [-0.2, 0) is 21.8 Å². The summed E-state index contributed by atoms with van der Waals surface area (Å²) in [5.41, 5.74) is 4.03. The van der Waals surface area contributed by atoms with Crippen LogP contribution >= 0.6 is 0 Å². The Balaban J connectivity index is 0.00000132. The maximum atomic E-state index is 5.88. The van der Waals surface area contributed by atoms with Gasteiger partial charge >= 0.3 is 4.93 Å². The lowest BCUT2D eigenvalue weighted by Crippen LogP contribution is -3.00. The fourth-order valence-corrected chi connectivity index (χ4v) is 5.34. The highest BCUT2D eigenvalue weighted by Crippen LogP contribution is 2.54. The molecule has 0 spiro atoms. The normalized spacial score (nSPS) is 26.0. The molecule has 4 rings (SSSR count). The molecular weight excluding hydrogens is 344 g/mol. The summed E-state index contributed by atoms with van der Waals surface area (Å²) in [4.78, 5) is 0.304. The Bertz CT molecular complexity index is 598. The third kappa shape index (κ3) is 3.05. The van der Waals surface area contributed by atoms with E-state index in [1.54, 1.807) is 0 Å². The number of hydrogen-bond acceptors (Lipinski definition) is 1. The van der Waals surface area contributed by atoms with Crippen molar-refractivity contribution in [2.24, 2.45) is 0 Å². The van der Waals surface area contributed by atoms with Crippen LogP contribution in [-0.4, -0.2) is 10.7 Å². The third-order valence-electron chi connectivity index (χ3n) is 4.38. The number of benzene rings is 2. The van der Waals surface area contributed by atoms with Gasteiger partial charge in [0.15, 0.2) is 11.2 Å². The number of aryl methyl sites for hydroxylation is 1. The molecule has 2 atom stereocenters. The minimum Gasteiger partial charge on any atom is -1.00 e. The highest BCUT2D eigenvalue weighted by atomic mass is 79.9. The second kappa shape index (κ2) is 6.15. The van der Waals surface area contributed by atoms with Gasteiger partial charge in [-0.05, 0) is 23.1 Å². The van der Waals surface area contributed by atoms with Crippen LogP contribution in [0.3, 0.4) is 0 Å². The zero-order chi connectivity index (χ0) is 13.4. The van der Waals surface area contributed by atoms with Gasteiger partial charge in [-0.2, -0.15) is 0 Å². The third-order valence-corrected chi connectivity index (χ3v) is 6.73. The van der Waals surface area contributed by atoms with E-state index in [9.17, 15) is 0 Å². The molecule has 0 aliphatic carbocycles. The predicted molar refractivity (Wildman–Crippen MR) is 85.5 cm³/mol. The molecule has 2 fully saturated rings. The first-order valence-corrected chi connectivity index (χ1v) is 8.73. The van der Waals surface area contributed by atoms with Gasteiger partial charge in [0.05, 0.1) is 0 Å². The van der Waals surface area contributed by atoms with Gasteiger partial charge in [-0.3, -0.25) is 0 Å². The lowest BCUT2D eigenvalue weighted by Gasteiger charge is -2.04. The maximum Gasteiger partial charge on any atom is 0.308 e. The van der Waals surface area contributed by atoms with Gasteiger partial charge in [0, 0.05) is 19.3 Å². The summed E-state index contributed by atoms with van der Waals surface area (Å²) in [6.07, 6.45) is 5.02. The molecule has 0 radical (unpaired) electrons. The standard InChI is InChI=1S/C18H19OS.BrH/c1-2-5-16(6-3-1)17-9-7-15(8-10-17)11-13-18-12-4-14-20(18)19-18;/h1-3,5-10H,4,11-14H2;1H/q+1;/p-1. The lowest BCUT2D eigenvalue weighted by molar-refractivity contribution is -0.00000492. The summed E-state index contributed by atoms with van der Waals surface area (Å²) in [6.45, 7) is 0. The van der Waals surface area contributed by atoms with Crippen molar-refractivity contribution in [2.45, 2.75) is 30.6 Å². The number of fused-ring (bicyclic) bond motifs is 1. The van der Waals surface area contributed by atoms with Crippen molar-refractivity contribution in [1.29, 1.82) is 0 Å². The summed E-state index contributed by atoms with van der Waals surface area (Å²) < 4.78 is 5.88. The molecule has 2 aromatic rings. The molecule has 2 aromatic carbocycles. The highest BCUT2D eigenvalue weighted by molar-refractivity contribution is 7.99. The molecule has 2 unspecified atom stereocenters. The first-order chi connectivity index (χ1) is 9.86. The second-order valence-electron chi connectivity index (χ2n) is 5.71. The Morgan fingerprint density at radius 1 is 0.952 bits per heavy atom. The van der Waals surface area contributed by atoms with Gasteiger partial charge in [0.2, 0.25) is 0 Å². The Morgan fingerprint density at radius 3 is 2.29 bits per heavy atom. The maximum absolute atomic E-state index is 5.88. The van der Waals surface area contributed by atoms with Crippen LogP contribution in [0.25, 0.3) is 11.1 Å². The molecule has 0 bridgehead atoms. The molecule has 1 nitrogen and oxygen atoms in total. The second-order valence-corrected chi connectivity index (χ2v) is 7.72. The SMILES string of the molecule is [Br-].c1ccc(-c2ccc(CCC34CCC[S+]3O4)cc2)cc1. The van der Waals surface area contributed by atoms with Gasteiger partial charge in [-0.25, -0.2) is 0 Å². The van der Waals surface area contributed by atoms with Gasteiger partial charge in [0.1, 0.15) is 5.75 Å². The lowest BCUT2D eigenvalue weighted by atomic mass is 10.0. The number of hydrogen-bond donors (Lipinski definition) is 0. The highest BCUT2D eigenvalue weighted by Gasteiger charge is 2.73. The zero-order valence-corrected chi connectivity index (χ0v) is 14.3. The molecule has 0 N–H and O–H groups in total. The topological polar surface area (TPSA) is 12.5 Å². The summed E-state index contributed by atoms with van der Waals surface area (Å²) in [5, 5.41) is 0. The minimum atomic E-state index is 0. The van der Waals surface area contributed by atoms with Crippen LogP contribution in [0, 0.1) is 0 Å². The van der Waals surface area contributed by atoms with Crippen molar-refractivity contribution in [2.75, 3.05) is 5.75 Å². The van der Waals surface area contributed by atoms with Crippen LogP contribution in [0.1, 0.15) is 24.8 Å². The molecular formula is C18H19BrOS. The summed E-state index contributed by atoms with van der Waals surface area (Å²) in [7, 11) is 0. The summed E-state index contributed by atoms with van der Waals surface area (Å²) >= 11 is 0.327. The van der Waals surface area contributed by atoms with E-state index < -0.39 is 0 Å². The zero-order valence-electron chi connectivity index (χ0n) is 11.9. The monoisotopic (exact) mass is 362 g/mol. The van der Waals surface area contributed by atoms with Gasteiger partial charge in [-0.1, -0.05) is 54.6 Å². The van der Waals surface area contributed by atoms with Crippen LogP contribution in [0.2, 0.25) is 0 Å². The van der Waals surface area contributed by atoms with Crippen molar-refractivity contribution in [3.8, 4) is 11.1 Å². The van der Waals surface area contributed by atoms with E-state index in [2.05, 4.69) is 54.6 Å². The van der Waals surface area contributed by atoms with Crippen molar-refractivity contribution in [1.82, 2.24) is 0 Å². The van der Waals surface area contributed by atoms with E-state index in [1.165, 1.54) is 41.7 Å². The first kappa shape index (κ1) is 15.1. The molecule has 2 aliphatic rings. The van der Waals surface area contributed by atoms with E-state index in [1.807, 2.05) is 0 Å². The summed E-state index contributed by atoms with van der Waals surface area (Å²) in [6, 6.07) is 19.6. The molecule has 2 aliphatic heterocycles. The molecule has 2 saturated heterocycles. The van der Waals surface area contributed by atoms with Crippen LogP contribution in [0.15, 0.2) is 54.6 Å². The van der Waals surface area contributed by atoms with Gasteiger partial charge < -0.3 is 17.0 Å². The van der Waals surface area contributed by atoms with E-state index in [-0.39, 0.29) is 17.0 Å². The smallest absolute Gasteiger partial charge is 0.308 e. The van der Waals surface area contributed by atoms with E-state index in [0.29, 0.717) is 16.1 Å². The molecule has 110 valence electrons. The Labute approximate surface area is 140 Å². The van der Waals surface area contributed by atoms with Gasteiger partial charge in [-0.15, -0.1) is 4.18 Å². The Morgan fingerprint density at radius 2 is 1.67 bits per heavy atom. The Kier molecular flexibility index (Phi) is 4.43. The summed E-state index contributed by atoms with van der Waals surface area (Å²) in [5.74, 6) is 1.31. The van der Waals surface area contributed by atoms with Crippen molar-refractivity contribution in [3.63, 3.8) is 0 Å². The average Bonchev–Trinajstić information content (AvgIpc) is 3.07. The van der Waals surface area contributed by atoms with Crippen molar-refractivity contribution in [3.05, 3.63) is 60.2 Å². The first-order valence-electron chi connectivity index (χ1n) is 7.41. The quantitative estimate of drug-likeness (QED) is 0.590. The molecule has 2 heterocycles. The fraction of sp³-hybridized carbons (Fsp3) is 0.333. The predicted octanol–water partition coefficient (Wildman–Crippen LogP) is 1.34. The van der Waals surface area contributed by atoms with E-state index in [4.69, 9.17) is 4.18 Å². The number of halogens is 1. The number of rotatable bonds is 4. The molecule has 0 aromatic heterocycles. The molecule has 0 amide bonds. The average molecular weight is 363 g/mol. The molecule has 0 saturated carbocycles. The molecule has 3 heteroatoms. The van der Waals surface area contributed by atoms with Crippen molar-refractivity contribution >= 4 is 11.2 Å². The minimum absolute atomic E-state index is 0. The largest absolute Gasteiger partial charge is 1.00 e. The van der Waals surface area contributed by atoms with E-state index in [0.717, 1.165) is 6.42 Å².